The van der Waals surface area contributed by atoms with Gasteiger partial charge in [-0.25, -0.2) is 0 Å². The monoisotopic (exact) mass is 547 g/mol. The molecule has 35 heavy (non-hydrogen) atoms. The van der Waals surface area contributed by atoms with Crippen LogP contribution in [0.4, 0.5) is 5.13 Å². The molecule has 0 aliphatic rings. The molecule has 0 spiro atoms. The molecule has 0 unspecified atom stereocenters. The molecule has 9 nitrogen and oxygen atoms in total. The van der Waals surface area contributed by atoms with Crippen molar-refractivity contribution < 1.29 is 9.59 Å². The minimum Gasteiger partial charge on any atom is -0.345 e. The summed E-state index contributed by atoms with van der Waals surface area (Å²) in [5, 5.41) is 24.2. The second-order valence-electron chi connectivity index (χ2n) is 7.35. The number of carbonyl (C=O) groups is 2. The Kier molecular flexibility index (Phi) is 8.01. The molecule has 4 rings (SSSR count). The Bertz CT molecular complexity index is 1390. The maximum Gasteiger partial charge on any atom is 0.251 e. The molecule has 2 aromatic heterocycles. The van der Waals surface area contributed by atoms with Crippen molar-refractivity contribution >= 4 is 63.2 Å². The summed E-state index contributed by atoms with van der Waals surface area (Å²) >= 11 is 14.8. The van der Waals surface area contributed by atoms with Gasteiger partial charge in [0.25, 0.3) is 5.91 Å². The van der Waals surface area contributed by atoms with Crippen LogP contribution in [-0.4, -0.2) is 42.5 Å². The van der Waals surface area contributed by atoms with Crippen molar-refractivity contribution in [1.82, 2.24) is 30.3 Å². The quantitative estimate of drug-likeness (QED) is 0.307. The van der Waals surface area contributed by atoms with Crippen LogP contribution >= 0.6 is 46.3 Å². The summed E-state index contributed by atoms with van der Waals surface area (Å²) in [7, 11) is 0. The fourth-order valence-corrected chi connectivity index (χ4v) is 4.74. The predicted molar refractivity (Wildman–Crippen MR) is 138 cm³/mol. The lowest BCUT2D eigenvalue weighted by atomic mass is 10.1. The first-order chi connectivity index (χ1) is 16.8. The molecule has 180 valence electrons. The van der Waals surface area contributed by atoms with Gasteiger partial charge in [-0.05, 0) is 44.2 Å². The van der Waals surface area contributed by atoms with E-state index in [0.717, 1.165) is 10.6 Å². The van der Waals surface area contributed by atoms with Gasteiger partial charge in [-0.2, -0.15) is 0 Å². The topological polar surface area (TPSA) is 115 Å². The molecule has 0 radical (unpaired) electrons. The molecule has 0 saturated heterocycles. The zero-order valence-corrected chi connectivity index (χ0v) is 21.7. The lowest BCUT2D eigenvalue weighted by Gasteiger charge is -2.12. The van der Waals surface area contributed by atoms with Gasteiger partial charge < -0.3 is 5.32 Å². The highest BCUT2D eigenvalue weighted by Crippen LogP contribution is 2.28. The van der Waals surface area contributed by atoms with Gasteiger partial charge in [-0.1, -0.05) is 64.0 Å². The molecule has 0 bridgehead atoms. The number of hydrogen-bond acceptors (Lipinski definition) is 8. The van der Waals surface area contributed by atoms with Crippen molar-refractivity contribution in [3.8, 4) is 5.69 Å². The number of halogens is 2. The highest BCUT2D eigenvalue weighted by molar-refractivity contribution is 7.99. The molecular weight excluding hydrogens is 529 g/mol. The minimum atomic E-state index is -0.260. The Balaban J connectivity index is 1.53. The molecule has 0 aliphatic carbocycles. The number of nitrogens with zero attached hydrogens (tertiary/aromatic N) is 5. The van der Waals surface area contributed by atoms with Crippen LogP contribution < -0.4 is 10.6 Å². The fraction of sp³-hybridized carbons (Fsp3) is 0.182. The van der Waals surface area contributed by atoms with Crippen LogP contribution in [0.5, 0.6) is 0 Å². The number of aromatic nitrogens is 5. The number of nitrogens with one attached hydrogen (secondary N) is 2. The van der Waals surface area contributed by atoms with Gasteiger partial charge in [-0.15, -0.1) is 20.4 Å². The van der Waals surface area contributed by atoms with Crippen molar-refractivity contribution in [1.29, 1.82) is 0 Å². The Morgan fingerprint density at radius 2 is 1.86 bits per heavy atom. The zero-order valence-electron chi connectivity index (χ0n) is 18.6. The maximum absolute atomic E-state index is 12.6. The van der Waals surface area contributed by atoms with Gasteiger partial charge in [0.15, 0.2) is 11.0 Å². The summed E-state index contributed by atoms with van der Waals surface area (Å²) in [6, 6.07) is 12.4. The second-order valence-corrected chi connectivity index (χ2v) is 10.3. The van der Waals surface area contributed by atoms with E-state index in [1.165, 1.54) is 23.1 Å². The van der Waals surface area contributed by atoms with E-state index in [1.807, 2.05) is 19.1 Å². The average Bonchev–Trinajstić information content (AvgIpc) is 3.43. The van der Waals surface area contributed by atoms with E-state index in [9.17, 15) is 9.59 Å². The van der Waals surface area contributed by atoms with Gasteiger partial charge in [0.05, 0.1) is 28.0 Å². The van der Waals surface area contributed by atoms with E-state index in [-0.39, 0.29) is 24.1 Å². The van der Waals surface area contributed by atoms with Crippen LogP contribution in [0.2, 0.25) is 10.0 Å². The van der Waals surface area contributed by atoms with Gasteiger partial charge in [-0.3, -0.25) is 19.5 Å². The molecule has 4 aromatic rings. The van der Waals surface area contributed by atoms with Crippen LogP contribution in [0.1, 0.15) is 26.8 Å². The minimum absolute atomic E-state index is 0.0632. The summed E-state index contributed by atoms with van der Waals surface area (Å²) in [5.41, 5.74) is 2.17. The lowest BCUT2D eigenvalue weighted by Crippen LogP contribution is -2.24. The van der Waals surface area contributed by atoms with E-state index in [1.54, 1.807) is 41.8 Å². The highest BCUT2D eigenvalue weighted by Gasteiger charge is 2.18. The number of rotatable bonds is 8. The number of anilines is 1. The molecule has 13 heteroatoms. The van der Waals surface area contributed by atoms with Gasteiger partial charge in [0.1, 0.15) is 5.01 Å². The SMILES string of the molecule is Cc1cccc(C(=O)NCc2nnc(SCC(=O)Nc3nnc(C)s3)n2-c2ccc(Cl)c(Cl)c2)c1. The summed E-state index contributed by atoms with van der Waals surface area (Å²) in [6.07, 6.45) is 0. The molecular formula is C22H19Cl2N7O2S2. The van der Waals surface area contributed by atoms with Gasteiger partial charge in [0.2, 0.25) is 11.0 Å². The van der Waals surface area contributed by atoms with Crippen molar-refractivity contribution in [2.24, 2.45) is 0 Å². The van der Waals surface area contributed by atoms with E-state index >= 15 is 0 Å². The van der Waals surface area contributed by atoms with Gasteiger partial charge in [0, 0.05) is 5.56 Å². The third-order valence-corrected chi connectivity index (χ3v) is 7.08. The Morgan fingerprint density at radius 3 is 2.57 bits per heavy atom. The molecule has 0 saturated carbocycles. The molecule has 2 N–H and O–H groups in total. The summed E-state index contributed by atoms with van der Waals surface area (Å²) in [6.45, 7) is 3.83. The molecule has 0 fully saturated rings. The number of thioether (sulfide) groups is 1. The summed E-state index contributed by atoms with van der Waals surface area (Å²) in [4.78, 5) is 25.0. The van der Waals surface area contributed by atoms with Crippen molar-refractivity contribution in [2.45, 2.75) is 25.5 Å². The molecule has 2 heterocycles. The van der Waals surface area contributed by atoms with Crippen molar-refractivity contribution in [3.05, 3.63) is 74.5 Å². The predicted octanol–water partition coefficient (Wildman–Crippen LogP) is 4.70. The van der Waals surface area contributed by atoms with Crippen LogP contribution in [0.25, 0.3) is 5.69 Å². The molecule has 0 aliphatic heterocycles. The largest absolute Gasteiger partial charge is 0.345 e. The van der Waals surface area contributed by atoms with E-state index in [4.69, 9.17) is 23.2 Å². The Hall–Kier alpha value is -2.99. The lowest BCUT2D eigenvalue weighted by molar-refractivity contribution is -0.113. The maximum atomic E-state index is 12.6. The van der Waals surface area contributed by atoms with Gasteiger partial charge >= 0.3 is 0 Å². The highest BCUT2D eigenvalue weighted by atomic mass is 35.5. The zero-order chi connectivity index (χ0) is 24.9. The number of benzene rings is 2. The van der Waals surface area contributed by atoms with Crippen LogP contribution in [-0.2, 0) is 11.3 Å². The number of carbonyl (C=O) groups excluding carboxylic acids is 2. The smallest absolute Gasteiger partial charge is 0.251 e. The number of amides is 2. The summed E-state index contributed by atoms with van der Waals surface area (Å²) in [5.74, 6) is 0.0304. The third-order valence-electron chi connectivity index (χ3n) is 4.65. The molecule has 2 aromatic carbocycles. The standard InChI is InChI=1S/C22H19Cl2N7O2S2/c1-12-4-3-5-14(8-12)20(33)25-10-18-28-30-22(31(18)15-6-7-16(23)17(24)9-15)34-11-19(32)26-21-29-27-13(2)35-21/h3-9H,10-11H2,1-2H3,(H,25,33)(H,26,29,32). The first-order valence-corrected chi connectivity index (χ1v) is 12.8. The Labute approximate surface area is 219 Å². The van der Waals surface area contributed by atoms with Crippen LogP contribution in [0.3, 0.4) is 0 Å². The molecule has 2 amide bonds. The van der Waals surface area contributed by atoms with Crippen molar-refractivity contribution in [2.75, 3.05) is 11.1 Å². The summed E-state index contributed by atoms with van der Waals surface area (Å²) < 4.78 is 1.73. The average molecular weight is 548 g/mol. The van der Waals surface area contributed by atoms with Crippen LogP contribution in [0.15, 0.2) is 47.6 Å². The fourth-order valence-electron chi connectivity index (χ4n) is 3.07. The normalized spacial score (nSPS) is 10.9. The first kappa shape index (κ1) is 25.1. The molecule has 0 atom stereocenters. The Morgan fingerprint density at radius 1 is 1.03 bits per heavy atom. The van der Waals surface area contributed by atoms with E-state index in [2.05, 4.69) is 31.0 Å². The first-order valence-electron chi connectivity index (χ1n) is 10.3. The van der Waals surface area contributed by atoms with Crippen LogP contribution in [0, 0.1) is 13.8 Å². The second kappa shape index (κ2) is 11.2. The number of aryl methyl sites for hydroxylation is 2. The van der Waals surface area contributed by atoms with E-state index in [0.29, 0.717) is 37.4 Å². The number of hydrogen-bond donors (Lipinski definition) is 2. The van der Waals surface area contributed by atoms with E-state index < -0.39 is 0 Å². The third kappa shape index (κ3) is 6.37. The van der Waals surface area contributed by atoms with Crippen molar-refractivity contribution in [3.63, 3.8) is 0 Å².